The van der Waals surface area contributed by atoms with Gasteiger partial charge in [0.15, 0.2) is 23.1 Å². The van der Waals surface area contributed by atoms with Crippen LogP contribution in [0.1, 0.15) is 56.1 Å². The number of nitrogens with two attached hydrogens (primary N) is 1. The number of hydrogen-bond acceptors (Lipinski definition) is 5. The van der Waals surface area contributed by atoms with E-state index >= 15 is 0 Å². The van der Waals surface area contributed by atoms with E-state index in [4.69, 9.17) is 5.73 Å². The summed E-state index contributed by atoms with van der Waals surface area (Å²) in [7, 11) is 0. The minimum atomic E-state index is -0.0619. The molecule has 0 radical (unpaired) electrons. The molecule has 0 saturated carbocycles. The average molecular weight is 261 g/mol. The molecule has 2 aromatic rings. The largest absolute Gasteiger partial charge is 0.382 e. The van der Waals surface area contributed by atoms with Gasteiger partial charge in [0.25, 0.3) is 0 Å². The Bertz CT molecular complexity index is 563. The third-order valence-electron chi connectivity index (χ3n) is 3.07. The smallest absolute Gasteiger partial charge is 0.200 e. The monoisotopic (exact) mass is 261 g/mol. The highest BCUT2D eigenvalue weighted by atomic mass is 16.1. The number of carbonyl (C=O) groups is 1. The van der Waals surface area contributed by atoms with Crippen molar-refractivity contribution in [3.63, 3.8) is 0 Å². The van der Waals surface area contributed by atoms with E-state index in [-0.39, 0.29) is 17.4 Å². The summed E-state index contributed by atoms with van der Waals surface area (Å²) in [6, 6.07) is 0. The van der Waals surface area contributed by atoms with E-state index in [1.54, 1.807) is 0 Å². The van der Waals surface area contributed by atoms with Crippen LogP contribution in [0.3, 0.4) is 0 Å². The summed E-state index contributed by atoms with van der Waals surface area (Å²) in [6.07, 6.45) is 7.50. The van der Waals surface area contributed by atoms with Crippen molar-refractivity contribution in [1.82, 2.24) is 19.9 Å². The first kappa shape index (κ1) is 13.5. The molecule has 102 valence electrons. The highest BCUT2D eigenvalue weighted by Gasteiger charge is 2.13. The molecule has 0 aliphatic rings. The lowest BCUT2D eigenvalue weighted by Crippen LogP contribution is -2.08. The first-order chi connectivity index (χ1) is 9.22. The number of ketones is 1. The fourth-order valence-electron chi connectivity index (χ4n) is 1.98. The third-order valence-corrected chi connectivity index (χ3v) is 3.07. The fourth-order valence-corrected chi connectivity index (χ4v) is 1.98. The highest BCUT2D eigenvalue weighted by molar-refractivity contribution is 5.95. The zero-order chi connectivity index (χ0) is 13.7. The minimum Gasteiger partial charge on any atom is -0.382 e. The van der Waals surface area contributed by atoms with Crippen molar-refractivity contribution >= 4 is 22.8 Å². The molecule has 0 amide bonds. The number of nitrogens with one attached hydrogen (secondary N) is 1. The van der Waals surface area contributed by atoms with Gasteiger partial charge < -0.3 is 10.7 Å². The molecule has 2 aromatic heterocycles. The van der Waals surface area contributed by atoms with Crippen molar-refractivity contribution in [3.05, 3.63) is 12.2 Å². The van der Waals surface area contributed by atoms with Gasteiger partial charge in [-0.2, -0.15) is 0 Å². The predicted molar refractivity (Wildman–Crippen MR) is 73.8 cm³/mol. The van der Waals surface area contributed by atoms with Crippen LogP contribution in [0.2, 0.25) is 0 Å². The van der Waals surface area contributed by atoms with Crippen molar-refractivity contribution < 1.29 is 4.79 Å². The van der Waals surface area contributed by atoms with E-state index in [0.29, 0.717) is 17.6 Å². The van der Waals surface area contributed by atoms with Crippen LogP contribution in [-0.2, 0) is 0 Å². The Hall–Kier alpha value is -1.98. The molecular weight excluding hydrogens is 242 g/mol. The lowest BCUT2D eigenvalue weighted by Gasteiger charge is -2.02. The van der Waals surface area contributed by atoms with Gasteiger partial charge in [0, 0.05) is 6.42 Å². The number of rotatable bonds is 7. The Kier molecular flexibility index (Phi) is 4.43. The predicted octanol–water partition coefficient (Wildman–Crippen LogP) is 2.48. The van der Waals surface area contributed by atoms with Gasteiger partial charge >= 0.3 is 0 Å². The maximum absolute atomic E-state index is 12.0. The zero-order valence-electron chi connectivity index (χ0n) is 11.1. The Morgan fingerprint density at radius 2 is 2.05 bits per heavy atom. The number of aromatic nitrogens is 4. The molecule has 2 rings (SSSR count). The first-order valence-corrected chi connectivity index (χ1v) is 6.72. The van der Waals surface area contributed by atoms with Gasteiger partial charge in [-0.1, -0.05) is 32.6 Å². The van der Waals surface area contributed by atoms with E-state index < -0.39 is 0 Å². The molecule has 0 atom stereocenters. The van der Waals surface area contributed by atoms with E-state index in [0.717, 1.165) is 12.8 Å². The van der Waals surface area contributed by atoms with Gasteiger partial charge in [-0.3, -0.25) is 4.79 Å². The molecule has 6 nitrogen and oxygen atoms in total. The number of aromatic amines is 1. The van der Waals surface area contributed by atoms with Gasteiger partial charge in [0.1, 0.15) is 5.52 Å². The van der Waals surface area contributed by atoms with Gasteiger partial charge in [-0.25, -0.2) is 15.0 Å². The summed E-state index contributed by atoms with van der Waals surface area (Å²) in [5.41, 5.74) is 6.79. The second-order valence-corrected chi connectivity index (χ2v) is 4.62. The number of imidazole rings is 1. The summed E-state index contributed by atoms with van der Waals surface area (Å²) < 4.78 is 0. The van der Waals surface area contributed by atoms with E-state index in [1.807, 2.05) is 0 Å². The first-order valence-electron chi connectivity index (χ1n) is 6.72. The van der Waals surface area contributed by atoms with Crippen LogP contribution in [0.25, 0.3) is 11.2 Å². The number of H-pyrrole nitrogens is 1. The second kappa shape index (κ2) is 6.26. The molecule has 0 aromatic carbocycles. The summed E-state index contributed by atoms with van der Waals surface area (Å²) in [6.45, 7) is 2.17. The molecular formula is C13H19N5O. The molecule has 0 fully saturated rings. The van der Waals surface area contributed by atoms with Gasteiger partial charge in [-0.05, 0) is 6.42 Å². The molecule has 0 unspecified atom stereocenters. The Labute approximate surface area is 111 Å². The van der Waals surface area contributed by atoms with Crippen LogP contribution in [-0.4, -0.2) is 25.7 Å². The molecule has 6 heteroatoms. The van der Waals surface area contributed by atoms with E-state index in [1.165, 1.54) is 25.6 Å². The minimum absolute atomic E-state index is 0.0619. The van der Waals surface area contributed by atoms with Crippen LogP contribution < -0.4 is 5.73 Å². The molecule has 0 aliphatic heterocycles. The number of unbranched alkanes of at least 4 members (excludes halogenated alkanes) is 4. The fraction of sp³-hybridized carbons (Fsp3) is 0.538. The van der Waals surface area contributed by atoms with E-state index in [2.05, 4.69) is 26.9 Å². The lowest BCUT2D eigenvalue weighted by molar-refractivity contribution is 0.0969. The van der Waals surface area contributed by atoms with Crippen molar-refractivity contribution in [2.24, 2.45) is 0 Å². The summed E-state index contributed by atoms with van der Waals surface area (Å²) in [4.78, 5) is 27.0. The van der Waals surface area contributed by atoms with Crippen LogP contribution >= 0.6 is 0 Å². The standard InChI is InChI=1S/C13H19N5O/c1-2-3-4-5-6-7-9(19)12-17-11(14)10-13(18-12)16-8-15-10/h8H,2-7H2,1H3,(H3,14,15,16,17,18). The van der Waals surface area contributed by atoms with Crippen molar-refractivity contribution in [3.8, 4) is 0 Å². The average Bonchev–Trinajstić information content (AvgIpc) is 2.87. The summed E-state index contributed by atoms with van der Waals surface area (Å²) in [5.74, 6) is 0.387. The molecule has 0 aliphatic carbocycles. The van der Waals surface area contributed by atoms with Gasteiger partial charge in [0.2, 0.25) is 0 Å². The Morgan fingerprint density at radius 1 is 1.26 bits per heavy atom. The Balaban J connectivity index is 1.97. The molecule has 2 heterocycles. The van der Waals surface area contributed by atoms with Gasteiger partial charge in [0.05, 0.1) is 6.33 Å². The summed E-state index contributed by atoms with van der Waals surface area (Å²) in [5, 5.41) is 0. The number of Topliss-reactive ketones (excluding diaryl/α,β-unsaturated/α-hetero) is 1. The SMILES string of the molecule is CCCCCCCC(=O)c1nc(N)c2[nH]cnc2n1. The number of nitrogen functional groups attached to an aromatic ring is 1. The second-order valence-electron chi connectivity index (χ2n) is 4.62. The number of carbonyl (C=O) groups excluding carboxylic acids is 1. The van der Waals surface area contributed by atoms with Crippen LogP contribution in [0.5, 0.6) is 0 Å². The van der Waals surface area contributed by atoms with E-state index in [9.17, 15) is 4.79 Å². The maximum Gasteiger partial charge on any atom is 0.200 e. The lowest BCUT2D eigenvalue weighted by atomic mass is 10.1. The van der Waals surface area contributed by atoms with Gasteiger partial charge in [-0.15, -0.1) is 0 Å². The highest BCUT2D eigenvalue weighted by Crippen LogP contribution is 2.14. The molecule has 0 bridgehead atoms. The molecule has 0 spiro atoms. The zero-order valence-corrected chi connectivity index (χ0v) is 11.1. The molecule has 19 heavy (non-hydrogen) atoms. The molecule has 3 N–H and O–H groups in total. The number of anilines is 1. The van der Waals surface area contributed by atoms with Crippen molar-refractivity contribution in [1.29, 1.82) is 0 Å². The maximum atomic E-state index is 12.0. The van der Waals surface area contributed by atoms with Crippen molar-refractivity contribution in [2.45, 2.75) is 45.4 Å². The molecule has 0 saturated heterocycles. The van der Waals surface area contributed by atoms with Crippen LogP contribution in [0.15, 0.2) is 6.33 Å². The third kappa shape index (κ3) is 3.27. The number of nitrogens with zero attached hydrogens (tertiary/aromatic N) is 3. The quantitative estimate of drug-likeness (QED) is 0.589. The normalized spacial score (nSPS) is 11.0. The number of fused-ring (bicyclic) bond motifs is 1. The van der Waals surface area contributed by atoms with Crippen molar-refractivity contribution in [2.75, 3.05) is 5.73 Å². The topological polar surface area (TPSA) is 97.6 Å². The Morgan fingerprint density at radius 3 is 2.84 bits per heavy atom. The van der Waals surface area contributed by atoms with Crippen LogP contribution in [0, 0.1) is 0 Å². The number of hydrogen-bond donors (Lipinski definition) is 2. The van der Waals surface area contributed by atoms with Crippen LogP contribution in [0.4, 0.5) is 5.82 Å². The summed E-state index contributed by atoms with van der Waals surface area (Å²) >= 11 is 0.